The largest absolute Gasteiger partial charge is 0.310 e. The number of benzene rings is 18. The van der Waals surface area contributed by atoms with Crippen molar-refractivity contribution in [3.8, 4) is 67.0 Å². The fourth-order valence-electron chi connectivity index (χ4n) is 17.7. The van der Waals surface area contributed by atoms with Gasteiger partial charge in [0.15, 0.2) is 0 Å². The second-order valence-electron chi connectivity index (χ2n) is 29.2. The molecule has 0 saturated heterocycles. The lowest BCUT2D eigenvalue weighted by molar-refractivity contribution is 0.660. The molecule has 0 spiro atoms. The Labute approximate surface area is 621 Å². The Morgan fingerprint density at radius 2 is 0.458 bits per heavy atom. The first kappa shape index (κ1) is 61.8. The monoisotopic (exact) mass is 1360 g/mol. The normalized spacial score (nSPS) is 12.5. The van der Waals surface area contributed by atoms with Crippen LogP contribution in [-0.4, -0.2) is 9.13 Å². The highest BCUT2D eigenvalue weighted by Gasteiger charge is 2.37. The van der Waals surface area contributed by atoms with E-state index in [9.17, 15) is 0 Å². The fourth-order valence-corrected chi connectivity index (χ4v) is 17.7. The van der Waals surface area contributed by atoms with E-state index in [0.29, 0.717) is 0 Å². The molecule has 18 aromatic carbocycles. The minimum atomic E-state index is -0.343. The fraction of sp³-hybridized carbons (Fsp3) is 0.0291. The summed E-state index contributed by atoms with van der Waals surface area (Å²) in [6, 6.07) is 144. The molecule has 21 rings (SSSR count). The quantitative estimate of drug-likeness (QED) is 0.121. The van der Waals surface area contributed by atoms with Gasteiger partial charge < -0.3 is 18.9 Å². The van der Waals surface area contributed by atoms with Gasteiger partial charge in [-0.15, -0.1) is 0 Å². The van der Waals surface area contributed by atoms with Crippen LogP contribution in [0.15, 0.2) is 388 Å². The van der Waals surface area contributed by atoms with Crippen molar-refractivity contribution in [2.75, 3.05) is 9.80 Å². The van der Waals surface area contributed by atoms with Crippen molar-refractivity contribution in [3.63, 3.8) is 0 Å². The lowest BCUT2D eigenvalue weighted by Gasteiger charge is -2.29. The number of aromatic nitrogens is 2. The predicted molar refractivity (Wildman–Crippen MR) is 454 cm³/mol. The van der Waals surface area contributed by atoms with Crippen molar-refractivity contribution < 1.29 is 0 Å². The first-order valence-corrected chi connectivity index (χ1v) is 37.1. The molecule has 0 N–H and O–H groups in total. The molecule has 2 heterocycles. The van der Waals surface area contributed by atoms with Gasteiger partial charge >= 0.3 is 0 Å². The first-order chi connectivity index (χ1) is 52.8. The van der Waals surface area contributed by atoms with E-state index in [1.165, 1.54) is 131 Å². The molecule has 0 fully saturated rings. The van der Waals surface area contributed by atoms with E-state index >= 15 is 0 Å². The van der Waals surface area contributed by atoms with Crippen molar-refractivity contribution in [2.24, 2.45) is 0 Å². The number of nitrogens with zero attached hydrogens (tertiary/aromatic N) is 4. The summed E-state index contributed by atoms with van der Waals surface area (Å²) in [6.45, 7) is 4.80. The number of rotatable bonds is 12. The lowest BCUT2D eigenvalue weighted by Crippen LogP contribution is -2.17. The maximum atomic E-state index is 2.45. The predicted octanol–water partition coefficient (Wildman–Crippen LogP) is 28.4. The second kappa shape index (κ2) is 24.7. The van der Waals surface area contributed by atoms with Gasteiger partial charge in [0, 0.05) is 72.5 Å². The van der Waals surface area contributed by atoms with Crippen LogP contribution < -0.4 is 9.80 Å². The minimum Gasteiger partial charge on any atom is -0.310 e. The van der Waals surface area contributed by atoms with Crippen LogP contribution in [0.1, 0.15) is 25.0 Å². The van der Waals surface area contributed by atoms with Crippen molar-refractivity contribution in [1.29, 1.82) is 0 Å². The van der Waals surface area contributed by atoms with Crippen LogP contribution in [0.5, 0.6) is 0 Å². The van der Waals surface area contributed by atoms with E-state index in [1.807, 2.05) is 0 Å². The highest BCUT2D eigenvalue weighted by Crippen LogP contribution is 2.53. The van der Waals surface area contributed by atoms with Crippen molar-refractivity contribution in [1.82, 2.24) is 9.13 Å². The Balaban J connectivity index is 0.634. The van der Waals surface area contributed by atoms with Gasteiger partial charge in [-0.05, 0) is 255 Å². The van der Waals surface area contributed by atoms with Crippen molar-refractivity contribution in [2.45, 2.75) is 19.3 Å². The van der Waals surface area contributed by atoms with Crippen LogP contribution in [0, 0.1) is 0 Å². The zero-order valence-corrected chi connectivity index (χ0v) is 59.2. The Morgan fingerprint density at radius 1 is 0.196 bits per heavy atom. The first-order valence-electron chi connectivity index (χ1n) is 37.1. The van der Waals surface area contributed by atoms with Gasteiger partial charge in [0.2, 0.25) is 0 Å². The molecule has 4 heteroatoms. The molecule has 1 aliphatic rings. The van der Waals surface area contributed by atoms with Gasteiger partial charge in [-0.2, -0.15) is 0 Å². The summed E-state index contributed by atoms with van der Waals surface area (Å²) in [7, 11) is 0. The number of hydrogen-bond acceptors (Lipinski definition) is 2. The molecule has 0 bridgehead atoms. The molecule has 0 amide bonds. The molecule has 1 aliphatic carbocycles. The van der Waals surface area contributed by atoms with Gasteiger partial charge in [0.1, 0.15) is 0 Å². The van der Waals surface area contributed by atoms with Crippen molar-refractivity contribution >= 4 is 121 Å². The average Bonchev–Trinajstić information content (AvgIpc) is 1.58. The van der Waals surface area contributed by atoms with E-state index in [-0.39, 0.29) is 5.41 Å². The SMILES string of the molecule is CC1(C)c2cc(N(c3ccccc3)c3ccc(-n4c5ccc(-c6cccc7ccccc67)cc5c5cc(-c6cccc7ccccc67)ccc54)cc3)ccc2-c2ccc(N(c3ccccc3)c3ccc(-n4c5ccc(-c6cccc7ccccc67)cc5c5cc(-c6cccc7ccccc67)ccc54)cc3)cc21. The smallest absolute Gasteiger partial charge is 0.0541 e. The highest BCUT2D eigenvalue weighted by molar-refractivity contribution is 6.15. The molecule has 0 atom stereocenters. The van der Waals surface area contributed by atoms with Gasteiger partial charge in [-0.1, -0.05) is 257 Å². The summed E-state index contributed by atoms with van der Waals surface area (Å²) >= 11 is 0. The summed E-state index contributed by atoms with van der Waals surface area (Å²) in [4.78, 5) is 4.83. The van der Waals surface area contributed by atoms with E-state index in [0.717, 1.165) is 67.6 Å². The molecule has 107 heavy (non-hydrogen) atoms. The number of para-hydroxylation sites is 2. The van der Waals surface area contributed by atoms with Crippen LogP contribution in [0.2, 0.25) is 0 Å². The van der Waals surface area contributed by atoms with Crippen LogP contribution in [0.4, 0.5) is 34.1 Å². The molecule has 0 saturated carbocycles. The zero-order valence-electron chi connectivity index (χ0n) is 59.2. The van der Waals surface area contributed by atoms with E-state index < -0.39 is 0 Å². The average molecular weight is 1360 g/mol. The Morgan fingerprint density at radius 3 is 0.766 bits per heavy atom. The topological polar surface area (TPSA) is 16.3 Å². The van der Waals surface area contributed by atoms with Crippen LogP contribution in [0.3, 0.4) is 0 Å². The maximum Gasteiger partial charge on any atom is 0.0541 e. The molecule has 2 aromatic heterocycles. The highest BCUT2D eigenvalue weighted by atomic mass is 15.2. The maximum absolute atomic E-state index is 2.45. The molecule has 0 radical (unpaired) electrons. The summed E-state index contributed by atoms with van der Waals surface area (Å²) in [5.41, 5.74) is 27.9. The molecule has 502 valence electrons. The summed E-state index contributed by atoms with van der Waals surface area (Å²) in [5, 5.41) is 14.8. The van der Waals surface area contributed by atoms with E-state index in [1.54, 1.807) is 0 Å². The summed E-state index contributed by atoms with van der Waals surface area (Å²) < 4.78 is 4.91. The number of hydrogen-bond donors (Lipinski definition) is 0. The second-order valence-corrected chi connectivity index (χ2v) is 29.2. The standard InChI is InChI=1S/C103H70N4/c1-103(2)97-65-81(104(75-29-5-3-6-30-75)77-45-49-79(50-46-77)106-99-57-41-71(87-37-17-25-67-21-9-13-33-83(67)87)61-93(99)94-62-72(42-58-100(94)106)88-38-18-26-68-22-10-14-34-84(68)88)53-55-91(97)92-56-54-82(66-98(92)103)105(76-31-7-4-8-32-76)78-47-51-80(52-48-78)107-101-59-43-73(89-39-19-27-69-23-11-15-35-85(69)89)63-95(101)96-64-74(44-60-102(96)107)90-40-20-28-70-24-12-16-36-86(70)90/h3-66H,1-2H3. The lowest BCUT2D eigenvalue weighted by atomic mass is 9.82. The van der Waals surface area contributed by atoms with Crippen LogP contribution in [-0.2, 0) is 5.41 Å². The summed E-state index contributed by atoms with van der Waals surface area (Å²) in [6.07, 6.45) is 0. The molecule has 0 unspecified atom stereocenters. The molecule has 0 aliphatic heterocycles. The minimum absolute atomic E-state index is 0.343. The molecular formula is C103H70N4. The van der Waals surface area contributed by atoms with Crippen molar-refractivity contribution in [3.05, 3.63) is 399 Å². The zero-order chi connectivity index (χ0) is 70.8. The van der Waals surface area contributed by atoms with Gasteiger partial charge in [-0.25, -0.2) is 0 Å². The molecule has 4 nitrogen and oxygen atoms in total. The Hall–Kier alpha value is -13.8. The third-order valence-electron chi connectivity index (χ3n) is 22.9. The van der Waals surface area contributed by atoms with E-state index in [4.69, 9.17) is 0 Å². The van der Waals surface area contributed by atoms with Gasteiger partial charge in [-0.3, -0.25) is 0 Å². The van der Waals surface area contributed by atoms with E-state index in [2.05, 4.69) is 421 Å². The molecular weight excluding hydrogens is 1290 g/mol. The number of anilines is 6. The molecule has 20 aromatic rings. The third kappa shape index (κ3) is 10.1. The Kier molecular flexibility index (Phi) is 14.3. The summed E-state index contributed by atoms with van der Waals surface area (Å²) in [5.74, 6) is 0. The van der Waals surface area contributed by atoms with Gasteiger partial charge in [0.25, 0.3) is 0 Å². The van der Waals surface area contributed by atoms with Crippen LogP contribution in [0.25, 0.3) is 154 Å². The Bertz CT molecular complexity index is 6250. The number of fused-ring (bicyclic) bond motifs is 13. The van der Waals surface area contributed by atoms with Gasteiger partial charge in [0.05, 0.1) is 22.1 Å². The van der Waals surface area contributed by atoms with Crippen LogP contribution >= 0.6 is 0 Å². The third-order valence-corrected chi connectivity index (χ3v) is 22.9.